The molecule has 3 aromatic carbocycles. The molecule has 0 saturated carbocycles. The molecule has 6 rings (SSSR count). The van der Waals surface area contributed by atoms with Gasteiger partial charge in [-0.1, -0.05) is 55.5 Å². The number of aromatic nitrogens is 2. The summed E-state index contributed by atoms with van der Waals surface area (Å²) in [7, 11) is -1.94. The molecule has 0 aliphatic carbocycles. The van der Waals surface area contributed by atoms with Gasteiger partial charge in [-0.3, -0.25) is 4.55 Å². The van der Waals surface area contributed by atoms with Gasteiger partial charge in [-0.25, -0.2) is 0 Å². The lowest BCUT2D eigenvalue weighted by molar-refractivity contribution is -0.668. The molecule has 5 aromatic rings. The van der Waals surface area contributed by atoms with E-state index >= 15 is 0 Å². The summed E-state index contributed by atoms with van der Waals surface area (Å²) < 4.78 is 37.6. The van der Waals surface area contributed by atoms with Crippen LogP contribution in [0.2, 0.25) is 0 Å². The molecule has 1 aliphatic rings. The van der Waals surface area contributed by atoms with Crippen LogP contribution in [-0.4, -0.2) is 23.3 Å². The SMILES string of the molecule is CCC(C)C1=C/C(=C\c2sc3ccccc3[n+]2CCCS(=O)(=O)O)c2ccccc2N1c1ccc2c(ccn2C)c1. The molecule has 0 fully saturated rings. The van der Waals surface area contributed by atoms with Crippen molar-refractivity contribution in [1.82, 2.24) is 4.57 Å². The predicted molar refractivity (Wildman–Crippen MR) is 170 cm³/mol. The fraction of sp³-hybridized carbons (Fsp3) is 0.242. The molecule has 1 N–H and O–H groups in total. The van der Waals surface area contributed by atoms with Crippen molar-refractivity contribution < 1.29 is 17.5 Å². The summed E-state index contributed by atoms with van der Waals surface area (Å²) >= 11 is 1.70. The summed E-state index contributed by atoms with van der Waals surface area (Å²) in [6.07, 6.45) is 7.99. The van der Waals surface area contributed by atoms with Gasteiger partial charge in [0.1, 0.15) is 4.70 Å². The molecule has 210 valence electrons. The molecular formula is C33H34N3O3S2+. The van der Waals surface area contributed by atoms with Crippen LogP contribution in [0.5, 0.6) is 0 Å². The Morgan fingerprint density at radius 1 is 1.05 bits per heavy atom. The highest BCUT2D eigenvalue weighted by atomic mass is 32.2. The molecule has 0 radical (unpaired) electrons. The standard InChI is InChI=1S/C33H33N3O3S2/c1-4-23(2)31-21-25(22-33-35(17-9-19-41(37,38)39)30-12-7-8-13-32(30)40-33)27-10-5-6-11-29(27)36(31)26-14-15-28-24(20-26)16-18-34(28)3/h5-8,10-16,18,20-23H,4,9,17,19H2,1-3H3/p+1. The highest BCUT2D eigenvalue weighted by Gasteiger charge is 2.28. The van der Waals surface area contributed by atoms with Gasteiger partial charge in [0.05, 0.1) is 11.4 Å². The molecule has 0 bridgehead atoms. The minimum atomic E-state index is -4.02. The van der Waals surface area contributed by atoms with Crippen molar-refractivity contribution in [3.05, 3.63) is 101 Å². The third-order valence-electron chi connectivity index (χ3n) is 7.96. The second-order valence-corrected chi connectivity index (χ2v) is 13.3. The summed E-state index contributed by atoms with van der Waals surface area (Å²) in [4.78, 5) is 2.40. The van der Waals surface area contributed by atoms with Crippen molar-refractivity contribution >= 4 is 65.6 Å². The third kappa shape index (κ3) is 5.35. The lowest BCUT2D eigenvalue weighted by Gasteiger charge is -2.36. The number of benzene rings is 3. The maximum absolute atomic E-state index is 11.4. The van der Waals surface area contributed by atoms with Gasteiger partial charge in [0.2, 0.25) is 5.52 Å². The van der Waals surface area contributed by atoms with Crippen LogP contribution >= 0.6 is 11.3 Å². The number of hydrogen-bond donors (Lipinski definition) is 1. The second kappa shape index (κ2) is 10.9. The van der Waals surface area contributed by atoms with Crippen molar-refractivity contribution in [1.29, 1.82) is 0 Å². The normalized spacial score (nSPS) is 15.5. The van der Waals surface area contributed by atoms with Gasteiger partial charge >= 0.3 is 0 Å². The Hall–Kier alpha value is -3.72. The minimum absolute atomic E-state index is 0.262. The number of nitrogens with zero attached hydrogens (tertiary/aromatic N) is 3. The number of thiazole rings is 1. The fourth-order valence-corrected chi connectivity index (χ4v) is 7.30. The Kier molecular flexibility index (Phi) is 7.32. The van der Waals surface area contributed by atoms with E-state index in [2.05, 4.69) is 114 Å². The van der Waals surface area contributed by atoms with Crippen LogP contribution in [0.1, 0.15) is 37.3 Å². The largest absolute Gasteiger partial charge is 0.351 e. The predicted octanol–water partition coefficient (Wildman–Crippen LogP) is 7.58. The zero-order valence-electron chi connectivity index (χ0n) is 23.5. The lowest BCUT2D eigenvalue weighted by atomic mass is 9.91. The van der Waals surface area contributed by atoms with Crippen LogP contribution < -0.4 is 9.47 Å². The van der Waals surface area contributed by atoms with E-state index in [0.717, 1.165) is 44.2 Å². The number of anilines is 2. The summed E-state index contributed by atoms with van der Waals surface area (Å²) in [5.74, 6) is 0.0597. The van der Waals surface area contributed by atoms with Crippen LogP contribution in [-0.2, 0) is 23.7 Å². The quantitative estimate of drug-likeness (QED) is 0.151. The van der Waals surface area contributed by atoms with Gasteiger partial charge in [-0.15, -0.1) is 0 Å². The molecular weight excluding hydrogens is 551 g/mol. The Balaban J connectivity index is 1.50. The zero-order valence-corrected chi connectivity index (χ0v) is 25.1. The molecule has 1 unspecified atom stereocenters. The van der Waals surface area contributed by atoms with Gasteiger partial charge < -0.3 is 9.47 Å². The van der Waals surface area contributed by atoms with Crippen molar-refractivity contribution in [2.24, 2.45) is 13.0 Å². The van der Waals surface area contributed by atoms with Crippen LogP contribution in [0.15, 0.2) is 90.8 Å². The average molecular weight is 585 g/mol. The highest BCUT2D eigenvalue weighted by molar-refractivity contribution is 7.85. The molecule has 6 nitrogen and oxygen atoms in total. The molecule has 0 saturated heterocycles. The summed E-state index contributed by atoms with van der Waals surface area (Å²) in [6.45, 7) is 5.00. The highest BCUT2D eigenvalue weighted by Crippen LogP contribution is 2.45. The first-order valence-corrected chi connectivity index (χ1v) is 16.4. The molecule has 8 heteroatoms. The van der Waals surface area contributed by atoms with E-state index in [9.17, 15) is 13.0 Å². The molecule has 0 amide bonds. The summed E-state index contributed by atoms with van der Waals surface area (Å²) in [5, 5.41) is 2.26. The smallest absolute Gasteiger partial charge is 0.265 e. The van der Waals surface area contributed by atoms with Gasteiger partial charge in [0, 0.05) is 59.7 Å². The van der Waals surface area contributed by atoms with E-state index in [-0.39, 0.29) is 5.75 Å². The molecule has 41 heavy (non-hydrogen) atoms. The van der Waals surface area contributed by atoms with Gasteiger partial charge in [-0.2, -0.15) is 13.0 Å². The molecule has 1 aliphatic heterocycles. The maximum atomic E-state index is 11.4. The van der Waals surface area contributed by atoms with Crippen LogP contribution in [0, 0.1) is 5.92 Å². The van der Waals surface area contributed by atoms with Gasteiger partial charge in [0.15, 0.2) is 6.54 Å². The Morgan fingerprint density at radius 3 is 2.63 bits per heavy atom. The monoisotopic (exact) mass is 584 g/mol. The van der Waals surface area contributed by atoms with Crippen molar-refractivity contribution in [2.45, 2.75) is 33.2 Å². The van der Waals surface area contributed by atoms with Crippen LogP contribution in [0.3, 0.4) is 0 Å². The van der Waals surface area contributed by atoms with Crippen molar-refractivity contribution in [3.63, 3.8) is 0 Å². The number of rotatable bonds is 8. The van der Waals surface area contributed by atoms with Crippen molar-refractivity contribution in [2.75, 3.05) is 10.7 Å². The summed E-state index contributed by atoms with van der Waals surface area (Å²) in [6, 6.07) is 25.6. The Labute approximate surface area is 245 Å². The fourth-order valence-electron chi connectivity index (χ4n) is 5.67. The minimum Gasteiger partial charge on any atom is -0.351 e. The van der Waals surface area contributed by atoms with E-state index in [1.165, 1.54) is 16.6 Å². The Morgan fingerprint density at radius 2 is 1.83 bits per heavy atom. The van der Waals surface area contributed by atoms with E-state index in [1.807, 2.05) is 12.1 Å². The number of aryl methyl sites for hydroxylation is 2. The second-order valence-electron chi connectivity index (χ2n) is 10.7. The number of hydrogen-bond acceptors (Lipinski definition) is 4. The van der Waals surface area contributed by atoms with Crippen molar-refractivity contribution in [3.8, 4) is 0 Å². The van der Waals surface area contributed by atoms with Gasteiger partial charge in [0.25, 0.3) is 15.1 Å². The Bertz CT molecular complexity index is 1930. The van der Waals surface area contributed by atoms with E-state index in [4.69, 9.17) is 0 Å². The topological polar surface area (TPSA) is 66.4 Å². The average Bonchev–Trinajstić information content (AvgIpc) is 3.51. The first-order chi connectivity index (χ1) is 19.7. The first kappa shape index (κ1) is 27.4. The zero-order chi connectivity index (χ0) is 28.7. The first-order valence-electron chi connectivity index (χ1n) is 14.0. The molecule has 3 heterocycles. The summed E-state index contributed by atoms with van der Waals surface area (Å²) in [5.41, 5.74) is 8.07. The van der Waals surface area contributed by atoms with E-state index in [1.54, 1.807) is 11.3 Å². The van der Waals surface area contributed by atoms with E-state index in [0.29, 0.717) is 18.9 Å². The number of para-hydroxylation sites is 2. The third-order valence-corrected chi connectivity index (χ3v) is 9.88. The lowest BCUT2D eigenvalue weighted by Crippen LogP contribution is -2.36. The number of fused-ring (bicyclic) bond motifs is 3. The van der Waals surface area contributed by atoms with E-state index < -0.39 is 10.1 Å². The van der Waals surface area contributed by atoms with Crippen LogP contribution in [0.4, 0.5) is 11.4 Å². The maximum Gasteiger partial charge on any atom is 0.265 e. The molecule has 0 spiro atoms. The van der Waals surface area contributed by atoms with Crippen LogP contribution in [0.25, 0.3) is 32.8 Å². The van der Waals surface area contributed by atoms with Gasteiger partial charge in [-0.05, 0) is 60.4 Å². The number of allylic oxidation sites excluding steroid dienone is 3. The molecule has 2 aromatic heterocycles. The molecule has 1 atom stereocenters.